The summed E-state index contributed by atoms with van der Waals surface area (Å²) in [4.78, 5) is 15.2. The van der Waals surface area contributed by atoms with Crippen molar-refractivity contribution in [2.45, 2.75) is 19.5 Å². The molecule has 23 heavy (non-hydrogen) atoms. The minimum atomic E-state index is -0.357. The maximum atomic E-state index is 10.7. The molecule has 5 nitrogen and oxygen atoms in total. The lowest BCUT2D eigenvalue weighted by Crippen LogP contribution is -2.51. The molecule has 1 heterocycles. The van der Waals surface area contributed by atoms with Gasteiger partial charge in [-0.05, 0) is 24.6 Å². The van der Waals surface area contributed by atoms with Gasteiger partial charge in [-0.25, -0.2) is 0 Å². The van der Waals surface area contributed by atoms with E-state index in [0.29, 0.717) is 6.04 Å². The molecule has 0 radical (unpaired) electrons. The Morgan fingerprint density at radius 3 is 2.39 bits per heavy atom. The number of hydrogen-bond acceptors (Lipinski definition) is 4. The SMILES string of the molecule is CC1CN(c2ccc([N+](=O)[O-])cc2)CCN1Cc1ccccc1. The van der Waals surface area contributed by atoms with Crippen LogP contribution < -0.4 is 4.90 Å². The van der Waals surface area contributed by atoms with E-state index in [1.54, 1.807) is 12.1 Å². The van der Waals surface area contributed by atoms with Gasteiger partial charge in [0.2, 0.25) is 0 Å². The number of piperazine rings is 1. The molecule has 0 aromatic heterocycles. The van der Waals surface area contributed by atoms with Crippen molar-refractivity contribution in [3.63, 3.8) is 0 Å². The number of nitrogens with zero attached hydrogens (tertiary/aromatic N) is 3. The van der Waals surface area contributed by atoms with Gasteiger partial charge in [-0.2, -0.15) is 0 Å². The minimum absolute atomic E-state index is 0.143. The summed E-state index contributed by atoms with van der Waals surface area (Å²) in [7, 11) is 0. The van der Waals surface area contributed by atoms with Crippen molar-refractivity contribution in [1.82, 2.24) is 4.90 Å². The molecule has 2 aromatic rings. The molecule has 0 spiro atoms. The summed E-state index contributed by atoms with van der Waals surface area (Å²) in [5.74, 6) is 0. The third kappa shape index (κ3) is 3.68. The summed E-state index contributed by atoms with van der Waals surface area (Å²) in [6, 6.07) is 17.8. The number of hydrogen-bond donors (Lipinski definition) is 0. The Morgan fingerprint density at radius 2 is 1.78 bits per heavy atom. The van der Waals surface area contributed by atoms with E-state index in [0.717, 1.165) is 31.9 Å². The molecule has 5 heteroatoms. The van der Waals surface area contributed by atoms with E-state index in [-0.39, 0.29) is 10.6 Å². The predicted molar refractivity (Wildman–Crippen MR) is 91.6 cm³/mol. The van der Waals surface area contributed by atoms with Crippen LogP contribution in [0.1, 0.15) is 12.5 Å². The molecule has 0 saturated carbocycles. The molecule has 0 amide bonds. The first-order valence-electron chi connectivity index (χ1n) is 7.91. The molecule has 1 aliphatic rings. The van der Waals surface area contributed by atoms with Crippen LogP contribution in [0, 0.1) is 10.1 Å². The van der Waals surface area contributed by atoms with Crippen LogP contribution in [0.5, 0.6) is 0 Å². The van der Waals surface area contributed by atoms with Crippen molar-refractivity contribution in [1.29, 1.82) is 0 Å². The number of nitro benzene ring substituents is 1. The lowest BCUT2D eigenvalue weighted by Gasteiger charge is -2.41. The van der Waals surface area contributed by atoms with Gasteiger partial charge in [0.25, 0.3) is 5.69 Å². The van der Waals surface area contributed by atoms with E-state index < -0.39 is 0 Å². The highest BCUT2D eigenvalue weighted by Gasteiger charge is 2.24. The summed E-state index contributed by atoms with van der Waals surface area (Å²) in [5.41, 5.74) is 2.54. The maximum Gasteiger partial charge on any atom is 0.269 e. The van der Waals surface area contributed by atoms with Crippen molar-refractivity contribution in [3.05, 3.63) is 70.3 Å². The van der Waals surface area contributed by atoms with Gasteiger partial charge in [-0.3, -0.25) is 15.0 Å². The standard InChI is InChI=1S/C18H21N3O2/c1-15-13-20(17-7-9-18(10-8-17)21(22)23)12-11-19(15)14-16-5-3-2-4-6-16/h2-10,15H,11-14H2,1H3. The van der Waals surface area contributed by atoms with Gasteiger partial charge >= 0.3 is 0 Å². The first kappa shape index (κ1) is 15.5. The van der Waals surface area contributed by atoms with Crippen molar-refractivity contribution in [3.8, 4) is 0 Å². The average molecular weight is 311 g/mol. The topological polar surface area (TPSA) is 49.6 Å². The molecule has 1 unspecified atom stereocenters. The van der Waals surface area contributed by atoms with Crippen molar-refractivity contribution in [2.24, 2.45) is 0 Å². The third-order valence-electron chi connectivity index (χ3n) is 4.42. The van der Waals surface area contributed by atoms with Crippen LogP contribution in [0.15, 0.2) is 54.6 Å². The Kier molecular flexibility index (Phi) is 4.57. The Morgan fingerprint density at radius 1 is 1.09 bits per heavy atom. The number of anilines is 1. The quantitative estimate of drug-likeness (QED) is 0.642. The molecule has 1 aliphatic heterocycles. The second-order valence-electron chi connectivity index (χ2n) is 6.02. The molecule has 1 atom stereocenters. The van der Waals surface area contributed by atoms with Crippen LogP contribution in [0.3, 0.4) is 0 Å². The fourth-order valence-corrected chi connectivity index (χ4v) is 3.07. The Hall–Kier alpha value is -2.40. The van der Waals surface area contributed by atoms with Gasteiger partial charge in [-0.15, -0.1) is 0 Å². The van der Waals surface area contributed by atoms with Gasteiger partial charge in [0.15, 0.2) is 0 Å². The summed E-state index contributed by atoms with van der Waals surface area (Å²) in [6.07, 6.45) is 0. The van der Waals surface area contributed by atoms with Crippen LogP contribution in [-0.4, -0.2) is 35.5 Å². The monoisotopic (exact) mass is 311 g/mol. The second-order valence-corrected chi connectivity index (χ2v) is 6.02. The third-order valence-corrected chi connectivity index (χ3v) is 4.42. The highest BCUT2D eigenvalue weighted by atomic mass is 16.6. The molecule has 120 valence electrons. The zero-order valence-corrected chi connectivity index (χ0v) is 13.3. The summed E-state index contributed by atoms with van der Waals surface area (Å²) in [5, 5.41) is 10.7. The van der Waals surface area contributed by atoms with Crippen LogP contribution >= 0.6 is 0 Å². The summed E-state index contributed by atoms with van der Waals surface area (Å²) in [6.45, 7) is 6.07. The number of non-ortho nitro benzene ring substituents is 1. The van der Waals surface area contributed by atoms with Crippen LogP contribution in [0.4, 0.5) is 11.4 Å². The first-order valence-corrected chi connectivity index (χ1v) is 7.91. The number of rotatable bonds is 4. The van der Waals surface area contributed by atoms with E-state index in [2.05, 4.69) is 41.0 Å². The fraction of sp³-hybridized carbons (Fsp3) is 0.333. The molecule has 0 bridgehead atoms. The zero-order chi connectivity index (χ0) is 16.2. The molecule has 1 fully saturated rings. The highest BCUT2D eigenvalue weighted by Crippen LogP contribution is 2.23. The van der Waals surface area contributed by atoms with E-state index in [1.807, 2.05) is 18.2 Å². The fourth-order valence-electron chi connectivity index (χ4n) is 3.07. The Balaban J connectivity index is 1.62. The molecule has 0 aliphatic carbocycles. The van der Waals surface area contributed by atoms with E-state index in [4.69, 9.17) is 0 Å². The lowest BCUT2D eigenvalue weighted by molar-refractivity contribution is -0.384. The molecule has 2 aromatic carbocycles. The molecule has 3 rings (SSSR count). The van der Waals surface area contributed by atoms with Gasteiger partial charge in [-0.1, -0.05) is 30.3 Å². The normalized spacial score (nSPS) is 18.8. The van der Waals surface area contributed by atoms with Gasteiger partial charge in [0.05, 0.1) is 4.92 Å². The second kappa shape index (κ2) is 6.79. The van der Waals surface area contributed by atoms with Gasteiger partial charge in [0.1, 0.15) is 0 Å². The van der Waals surface area contributed by atoms with Crippen molar-refractivity contribution in [2.75, 3.05) is 24.5 Å². The predicted octanol–water partition coefficient (Wildman–Crippen LogP) is 3.31. The van der Waals surface area contributed by atoms with Gasteiger partial charge < -0.3 is 4.90 Å². The summed E-state index contributed by atoms with van der Waals surface area (Å²) < 4.78 is 0. The zero-order valence-electron chi connectivity index (χ0n) is 13.3. The smallest absolute Gasteiger partial charge is 0.269 e. The molecule has 0 N–H and O–H groups in total. The molecular weight excluding hydrogens is 290 g/mol. The van der Waals surface area contributed by atoms with Crippen molar-refractivity contribution >= 4 is 11.4 Å². The molecule has 1 saturated heterocycles. The van der Waals surface area contributed by atoms with E-state index in [1.165, 1.54) is 5.56 Å². The Bertz CT molecular complexity index is 658. The highest BCUT2D eigenvalue weighted by molar-refractivity contribution is 5.51. The van der Waals surface area contributed by atoms with Crippen LogP contribution in [0.25, 0.3) is 0 Å². The van der Waals surface area contributed by atoms with Gasteiger partial charge in [0, 0.05) is 50.0 Å². The van der Waals surface area contributed by atoms with Crippen LogP contribution in [0.2, 0.25) is 0 Å². The first-order chi connectivity index (χ1) is 11.1. The maximum absolute atomic E-state index is 10.7. The number of nitro groups is 1. The average Bonchev–Trinajstić information content (AvgIpc) is 2.58. The molecular formula is C18H21N3O2. The summed E-state index contributed by atoms with van der Waals surface area (Å²) >= 11 is 0. The van der Waals surface area contributed by atoms with E-state index >= 15 is 0 Å². The van der Waals surface area contributed by atoms with Crippen molar-refractivity contribution < 1.29 is 4.92 Å². The van der Waals surface area contributed by atoms with E-state index in [9.17, 15) is 10.1 Å². The number of benzene rings is 2. The minimum Gasteiger partial charge on any atom is -0.369 e. The Labute approximate surface area is 136 Å². The largest absolute Gasteiger partial charge is 0.369 e. The lowest BCUT2D eigenvalue weighted by atomic mass is 10.1. The van der Waals surface area contributed by atoms with Crippen LogP contribution in [-0.2, 0) is 6.54 Å².